The van der Waals surface area contributed by atoms with Gasteiger partial charge in [-0.3, -0.25) is 9.36 Å². The standard InChI is InChI=1S/C27H37ClN8O3/c1-26(2,3)36(27(4,5)6)24(37)21-29-13-18(14-30-21)20-32-22(34-8-11-38-12-9-34)19-23(33-20)35(25(28)31-19)15-17-7-10-39-16-17/h13-14,17H,7-12,15-16H2,1-6H3. The molecular weight excluding hydrogens is 520 g/mol. The topological polar surface area (TPSA) is 111 Å². The Morgan fingerprint density at radius 2 is 1.67 bits per heavy atom. The fraction of sp³-hybridized carbons (Fsp3) is 0.630. The van der Waals surface area contributed by atoms with Crippen LogP contribution in [0.25, 0.3) is 22.6 Å². The molecule has 0 aliphatic carbocycles. The maximum Gasteiger partial charge on any atom is 0.292 e. The number of anilines is 1. The van der Waals surface area contributed by atoms with Crippen molar-refractivity contribution >= 4 is 34.5 Å². The predicted molar refractivity (Wildman–Crippen MR) is 149 cm³/mol. The summed E-state index contributed by atoms with van der Waals surface area (Å²) in [5.41, 5.74) is 1.11. The van der Waals surface area contributed by atoms with Gasteiger partial charge in [0.2, 0.25) is 11.1 Å². The molecule has 3 aromatic heterocycles. The van der Waals surface area contributed by atoms with Crippen molar-refractivity contribution in [2.24, 2.45) is 5.92 Å². The van der Waals surface area contributed by atoms with E-state index in [2.05, 4.69) is 19.9 Å². The molecule has 0 radical (unpaired) electrons. The molecule has 3 aromatic rings. The first-order valence-corrected chi connectivity index (χ1v) is 13.8. The van der Waals surface area contributed by atoms with E-state index in [-0.39, 0.29) is 11.7 Å². The summed E-state index contributed by atoms with van der Waals surface area (Å²) in [6, 6.07) is 0. The van der Waals surface area contributed by atoms with Crippen LogP contribution >= 0.6 is 11.6 Å². The Kier molecular flexibility index (Phi) is 7.51. The molecule has 0 saturated carbocycles. The van der Waals surface area contributed by atoms with Gasteiger partial charge < -0.3 is 19.3 Å². The van der Waals surface area contributed by atoms with Crippen molar-refractivity contribution in [3.05, 3.63) is 23.5 Å². The number of rotatable bonds is 5. The summed E-state index contributed by atoms with van der Waals surface area (Å²) in [7, 11) is 0. The maximum absolute atomic E-state index is 13.4. The second-order valence-corrected chi connectivity index (χ2v) is 12.5. The highest BCUT2D eigenvalue weighted by molar-refractivity contribution is 6.29. The quantitative estimate of drug-likeness (QED) is 0.432. The summed E-state index contributed by atoms with van der Waals surface area (Å²) in [4.78, 5) is 40.8. The number of fused-ring (bicyclic) bond motifs is 1. The van der Waals surface area contributed by atoms with Crippen molar-refractivity contribution in [2.45, 2.75) is 65.6 Å². The molecule has 0 aromatic carbocycles. The highest BCUT2D eigenvalue weighted by atomic mass is 35.5. The number of hydrogen-bond acceptors (Lipinski definition) is 9. The van der Waals surface area contributed by atoms with Crippen LogP contribution in [0.15, 0.2) is 12.4 Å². The van der Waals surface area contributed by atoms with Gasteiger partial charge in [0.25, 0.3) is 5.91 Å². The minimum Gasteiger partial charge on any atom is -0.381 e. The largest absolute Gasteiger partial charge is 0.381 e. The highest BCUT2D eigenvalue weighted by Gasteiger charge is 2.37. The lowest BCUT2D eigenvalue weighted by Gasteiger charge is -2.45. The van der Waals surface area contributed by atoms with Gasteiger partial charge >= 0.3 is 0 Å². The van der Waals surface area contributed by atoms with E-state index in [0.29, 0.717) is 79.0 Å². The van der Waals surface area contributed by atoms with Crippen molar-refractivity contribution in [3.63, 3.8) is 0 Å². The molecule has 1 amide bonds. The van der Waals surface area contributed by atoms with Crippen LogP contribution in [0.1, 0.15) is 58.6 Å². The molecule has 1 unspecified atom stereocenters. The summed E-state index contributed by atoms with van der Waals surface area (Å²) in [5.74, 6) is 1.40. The Morgan fingerprint density at radius 3 is 2.26 bits per heavy atom. The molecule has 210 valence electrons. The van der Waals surface area contributed by atoms with Gasteiger partial charge in [-0.05, 0) is 59.6 Å². The molecule has 11 nitrogen and oxygen atoms in total. The van der Waals surface area contributed by atoms with Gasteiger partial charge in [0.1, 0.15) is 0 Å². The van der Waals surface area contributed by atoms with Gasteiger partial charge in [0.05, 0.1) is 25.4 Å². The van der Waals surface area contributed by atoms with E-state index in [4.69, 9.17) is 31.0 Å². The number of aromatic nitrogens is 6. The lowest BCUT2D eigenvalue weighted by molar-refractivity contribution is 0.0258. The third-order valence-corrected chi connectivity index (χ3v) is 7.24. The molecule has 2 fully saturated rings. The number of imidazole rings is 1. The highest BCUT2D eigenvalue weighted by Crippen LogP contribution is 2.32. The SMILES string of the molecule is CC(C)(C)N(C(=O)c1ncc(-c2nc(N3CCOCC3)c3nc(Cl)n(CC4CCOC4)c3n2)cn1)C(C)(C)C. The maximum atomic E-state index is 13.4. The third-order valence-electron chi connectivity index (χ3n) is 6.95. The normalized spacial score (nSPS) is 18.6. The van der Waals surface area contributed by atoms with Crippen LogP contribution in [-0.2, 0) is 16.0 Å². The van der Waals surface area contributed by atoms with E-state index >= 15 is 0 Å². The zero-order valence-electron chi connectivity index (χ0n) is 23.6. The number of morpholine rings is 1. The van der Waals surface area contributed by atoms with Gasteiger partial charge in [-0.1, -0.05) is 0 Å². The number of hydrogen-bond donors (Lipinski definition) is 0. The summed E-state index contributed by atoms with van der Waals surface area (Å²) >= 11 is 6.65. The van der Waals surface area contributed by atoms with Crippen molar-refractivity contribution in [3.8, 4) is 11.4 Å². The summed E-state index contributed by atoms with van der Waals surface area (Å²) in [6.45, 7) is 16.7. The minimum atomic E-state index is -0.402. The van der Waals surface area contributed by atoms with E-state index in [1.807, 2.05) is 46.1 Å². The summed E-state index contributed by atoms with van der Waals surface area (Å²) in [6.07, 6.45) is 4.19. The van der Waals surface area contributed by atoms with Crippen molar-refractivity contribution in [1.82, 2.24) is 34.4 Å². The van der Waals surface area contributed by atoms with Gasteiger partial charge in [-0.15, -0.1) is 0 Å². The van der Waals surface area contributed by atoms with E-state index in [1.165, 1.54) is 0 Å². The number of carbonyl (C=O) groups is 1. The molecule has 5 heterocycles. The fourth-order valence-corrected chi connectivity index (χ4v) is 5.73. The smallest absolute Gasteiger partial charge is 0.292 e. The molecule has 1 atom stereocenters. The van der Waals surface area contributed by atoms with E-state index in [0.717, 1.165) is 13.0 Å². The lowest BCUT2D eigenvalue weighted by Crippen LogP contribution is -2.56. The number of carbonyl (C=O) groups excluding carboxylic acids is 1. The van der Waals surface area contributed by atoms with Crippen LogP contribution in [0.2, 0.25) is 5.28 Å². The first-order valence-electron chi connectivity index (χ1n) is 13.4. The van der Waals surface area contributed by atoms with Crippen molar-refractivity contribution < 1.29 is 14.3 Å². The average molecular weight is 557 g/mol. The van der Waals surface area contributed by atoms with Crippen LogP contribution in [-0.4, -0.2) is 90.9 Å². The van der Waals surface area contributed by atoms with Gasteiger partial charge in [-0.25, -0.2) is 24.9 Å². The zero-order chi connectivity index (χ0) is 27.9. The van der Waals surface area contributed by atoms with E-state index < -0.39 is 11.1 Å². The molecule has 0 N–H and O–H groups in total. The Balaban J connectivity index is 1.55. The second-order valence-electron chi connectivity index (χ2n) is 12.1. The molecule has 2 saturated heterocycles. The van der Waals surface area contributed by atoms with Crippen LogP contribution in [0.3, 0.4) is 0 Å². The third kappa shape index (κ3) is 5.71. The molecule has 5 rings (SSSR count). The Labute approximate surface area is 233 Å². The number of amides is 1. The first-order chi connectivity index (χ1) is 18.4. The second kappa shape index (κ2) is 10.6. The van der Waals surface area contributed by atoms with Crippen molar-refractivity contribution in [1.29, 1.82) is 0 Å². The monoisotopic (exact) mass is 556 g/mol. The van der Waals surface area contributed by atoms with Crippen LogP contribution in [0, 0.1) is 5.92 Å². The first kappa shape index (κ1) is 27.7. The molecule has 12 heteroatoms. The minimum absolute atomic E-state index is 0.132. The van der Waals surface area contributed by atoms with Gasteiger partial charge in [0.15, 0.2) is 22.8 Å². The van der Waals surface area contributed by atoms with E-state index in [9.17, 15) is 4.79 Å². The Morgan fingerprint density at radius 1 is 1.00 bits per heavy atom. The zero-order valence-corrected chi connectivity index (χ0v) is 24.3. The molecule has 0 spiro atoms. The fourth-order valence-electron chi connectivity index (χ4n) is 5.50. The molecule has 0 bridgehead atoms. The van der Waals surface area contributed by atoms with Crippen LogP contribution in [0.4, 0.5) is 5.82 Å². The Bertz CT molecular complexity index is 1320. The summed E-state index contributed by atoms with van der Waals surface area (Å²) in [5, 5.41) is 0.375. The Hall–Kier alpha value is -2.89. The number of nitrogens with zero attached hydrogens (tertiary/aromatic N) is 8. The predicted octanol–water partition coefficient (Wildman–Crippen LogP) is 3.85. The average Bonchev–Trinajstić information content (AvgIpc) is 3.50. The number of halogens is 1. The van der Waals surface area contributed by atoms with Gasteiger partial charge in [-0.2, -0.15) is 0 Å². The molecule has 39 heavy (non-hydrogen) atoms. The summed E-state index contributed by atoms with van der Waals surface area (Å²) < 4.78 is 13.1. The lowest BCUT2D eigenvalue weighted by atomic mass is 9.95. The van der Waals surface area contributed by atoms with Gasteiger partial charge in [0, 0.05) is 55.6 Å². The van der Waals surface area contributed by atoms with Crippen molar-refractivity contribution in [2.75, 3.05) is 44.4 Å². The molecular formula is C27H37ClN8O3. The number of ether oxygens (including phenoxy) is 2. The molecule has 2 aliphatic rings. The van der Waals surface area contributed by atoms with E-state index in [1.54, 1.807) is 17.3 Å². The van der Waals surface area contributed by atoms with Crippen LogP contribution < -0.4 is 4.90 Å². The molecule has 2 aliphatic heterocycles. The van der Waals surface area contributed by atoms with Crippen LogP contribution in [0.5, 0.6) is 0 Å².